The lowest BCUT2D eigenvalue weighted by Gasteiger charge is -2.19. The van der Waals surface area contributed by atoms with Gasteiger partial charge in [-0.15, -0.1) is 0 Å². The zero-order chi connectivity index (χ0) is 21.0. The van der Waals surface area contributed by atoms with E-state index in [2.05, 4.69) is 5.32 Å². The van der Waals surface area contributed by atoms with Crippen LogP contribution in [0.2, 0.25) is 5.02 Å². The lowest BCUT2D eigenvalue weighted by Crippen LogP contribution is -2.33. The van der Waals surface area contributed by atoms with Crippen molar-refractivity contribution in [2.75, 3.05) is 25.6 Å². The summed E-state index contributed by atoms with van der Waals surface area (Å²) in [6.45, 7) is -0.491. The second-order valence-electron chi connectivity index (χ2n) is 7.13. The number of nitrogens with one attached hydrogen (secondary N) is 1. The molecule has 3 rings (SSSR count). The maximum atomic E-state index is 12.4. The minimum atomic E-state index is -0.650. The number of rotatable bonds is 7. The molecule has 8 nitrogen and oxygen atoms in total. The van der Waals surface area contributed by atoms with Gasteiger partial charge in [0.25, 0.3) is 5.91 Å². The van der Waals surface area contributed by atoms with E-state index in [4.69, 9.17) is 21.1 Å². The summed E-state index contributed by atoms with van der Waals surface area (Å²) in [6.07, 6.45) is 3.21. The predicted octanol–water partition coefficient (Wildman–Crippen LogP) is 2.40. The average molecular weight is 423 g/mol. The Kier molecular flexibility index (Phi) is 6.74. The molecule has 0 radical (unpaired) electrons. The molecule has 0 spiro atoms. The van der Waals surface area contributed by atoms with E-state index in [-0.39, 0.29) is 36.6 Å². The molecule has 2 atom stereocenters. The first kappa shape index (κ1) is 21.1. The SMILES string of the molecule is COc1ccc(NC(=O)COC(=O)CCN2C(=O)[C@@H]3CCCC[C@H]3C2=O)cc1Cl. The zero-order valence-electron chi connectivity index (χ0n) is 16.1. The summed E-state index contributed by atoms with van der Waals surface area (Å²) in [7, 11) is 1.48. The third kappa shape index (κ3) is 4.87. The molecule has 1 heterocycles. The second kappa shape index (κ2) is 9.26. The van der Waals surface area contributed by atoms with Crippen LogP contribution in [0.25, 0.3) is 0 Å². The summed E-state index contributed by atoms with van der Waals surface area (Å²) >= 11 is 5.99. The van der Waals surface area contributed by atoms with Gasteiger partial charge >= 0.3 is 5.97 Å². The molecule has 0 unspecified atom stereocenters. The highest BCUT2D eigenvalue weighted by molar-refractivity contribution is 6.32. The number of carbonyl (C=O) groups is 4. The number of likely N-dealkylation sites (tertiary alicyclic amines) is 1. The molecule has 2 aliphatic rings. The number of hydrogen-bond acceptors (Lipinski definition) is 6. The van der Waals surface area contributed by atoms with Crippen LogP contribution in [0.15, 0.2) is 18.2 Å². The maximum Gasteiger partial charge on any atom is 0.308 e. The van der Waals surface area contributed by atoms with Crippen molar-refractivity contribution in [3.05, 3.63) is 23.2 Å². The molecule has 9 heteroatoms. The molecule has 1 aliphatic carbocycles. The van der Waals surface area contributed by atoms with E-state index >= 15 is 0 Å². The topological polar surface area (TPSA) is 102 Å². The summed E-state index contributed by atoms with van der Waals surface area (Å²) in [6, 6.07) is 4.73. The molecule has 29 heavy (non-hydrogen) atoms. The number of esters is 1. The monoisotopic (exact) mass is 422 g/mol. The number of nitrogens with zero attached hydrogens (tertiary/aromatic N) is 1. The first-order valence-electron chi connectivity index (χ1n) is 9.55. The minimum absolute atomic E-state index is 0.0147. The van der Waals surface area contributed by atoms with Crippen LogP contribution in [0.4, 0.5) is 5.69 Å². The van der Waals surface area contributed by atoms with Crippen LogP contribution < -0.4 is 10.1 Å². The number of amides is 3. The summed E-state index contributed by atoms with van der Waals surface area (Å²) in [5, 5.41) is 2.90. The highest BCUT2D eigenvalue weighted by atomic mass is 35.5. The van der Waals surface area contributed by atoms with Gasteiger partial charge in [-0.3, -0.25) is 24.1 Å². The van der Waals surface area contributed by atoms with E-state index in [0.717, 1.165) is 25.7 Å². The van der Waals surface area contributed by atoms with Crippen molar-refractivity contribution in [1.29, 1.82) is 0 Å². The lowest BCUT2D eigenvalue weighted by molar-refractivity contribution is -0.148. The minimum Gasteiger partial charge on any atom is -0.495 e. The zero-order valence-corrected chi connectivity index (χ0v) is 16.9. The van der Waals surface area contributed by atoms with Gasteiger partial charge in [-0.2, -0.15) is 0 Å². The fourth-order valence-corrected chi connectivity index (χ4v) is 4.07. The van der Waals surface area contributed by atoms with Crippen LogP contribution in [0, 0.1) is 11.8 Å². The second-order valence-corrected chi connectivity index (χ2v) is 7.54. The number of halogens is 1. The molecular weight excluding hydrogens is 400 g/mol. The number of fused-ring (bicyclic) bond motifs is 1. The van der Waals surface area contributed by atoms with Gasteiger partial charge in [-0.1, -0.05) is 24.4 Å². The first-order chi connectivity index (χ1) is 13.9. The molecule has 1 aromatic carbocycles. The van der Waals surface area contributed by atoms with Crippen molar-refractivity contribution in [3.8, 4) is 5.75 Å². The third-order valence-corrected chi connectivity index (χ3v) is 5.57. The molecule has 1 N–H and O–H groups in total. The molecule has 3 amide bonds. The number of methoxy groups -OCH3 is 1. The van der Waals surface area contributed by atoms with Crippen molar-refractivity contribution < 1.29 is 28.7 Å². The van der Waals surface area contributed by atoms with E-state index in [0.29, 0.717) is 16.5 Å². The van der Waals surface area contributed by atoms with Crippen LogP contribution in [-0.4, -0.2) is 48.9 Å². The highest BCUT2D eigenvalue weighted by Crippen LogP contribution is 2.38. The van der Waals surface area contributed by atoms with Gasteiger partial charge in [0.2, 0.25) is 11.8 Å². The van der Waals surface area contributed by atoms with Crippen molar-refractivity contribution in [2.24, 2.45) is 11.8 Å². The Bertz CT molecular complexity index is 803. The molecular formula is C20H23ClN2O6. The molecule has 1 saturated heterocycles. The van der Waals surface area contributed by atoms with Crippen LogP contribution in [0.5, 0.6) is 5.75 Å². The fraction of sp³-hybridized carbons (Fsp3) is 0.500. The van der Waals surface area contributed by atoms with Crippen molar-refractivity contribution in [2.45, 2.75) is 32.1 Å². The van der Waals surface area contributed by atoms with Crippen LogP contribution in [-0.2, 0) is 23.9 Å². The number of benzene rings is 1. The van der Waals surface area contributed by atoms with Crippen molar-refractivity contribution >= 4 is 41.0 Å². The quantitative estimate of drug-likeness (QED) is 0.534. The molecule has 0 aromatic heterocycles. The molecule has 2 fully saturated rings. The average Bonchev–Trinajstić information content (AvgIpc) is 2.95. The van der Waals surface area contributed by atoms with Crippen molar-refractivity contribution in [3.63, 3.8) is 0 Å². The van der Waals surface area contributed by atoms with Crippen LogP contribution >= 0.6 is 11.6 Å². The number of anilines is 1. The number of imide groups is 1. The molecule has 0 bridgehead atoms. The fourth-order valence-electron chi connectivity index (χ4n) is 3.81. The summed E-state index contributed by atoms with van der Waals surface area (Å²) in [4.78, 5) is 49.8. The van der Waals surface area contributed by atoms with Gasteiger partial charge in [0.05, 0.1) is 30.4 Å². The number of ether oxygens (including phenoxy) is 2. The Morgan fingerprint density at radius 2 is 1.83 bits per heavy atom. The van der Waals surface area contributed by atoms with Crippen LogP contribution in [0.3, 0.4) is 0 Å². The lowest BCUT2D eigenvalue weighted by atomic mass is 9.81. The van der Waals surface area contributed by atoms with Crippen LogP contribution in [0.1, 0.15) is 32.1 Å². The summed E-state index contributed by atoms with van der Waals surface area (Å²) in [5.74, 6) is -1.57. The van der Waals surface area contributed by atoms with Crippen molar-refractivity contribution in [1.82, 2.24) is 4.90 Å². The molecule has 156 valence electrons. The third-order valence-electron chi connectivity index (χ3n) is 5.27. The van der Waals surface area contributed by atoms with Gasteiger partial charge in [0, 0.05) is 12.2 Å². The Hall–Kier alpha value is -2.61. The Balaban J connectivity index is 1.43. The Labute approximate surface area is 173 Å². The standard InChI is InChI=1S/C20H23ClN2O6/c1-28-16-7-6-12(10-15(16)21)22-17(24)11-29-18(25)8-9-23-19(26)13-4-2-3-5-14(13)20(23)27/h6-7,10,13-14H,2-5,8-9,11H2,1H3,(H,22,24)/t13-,14-/m1/s1. The van der Waals surface area contributed by atoms with Gasteiger partial charge in [0.1, 0.15) is 5.75 Å². The van der Waals surface area contributed by atoms with E-state index in [1.54, 1.807) is 12.1 Å². The van der Waals surface area contributed by atoms with E-state index < -0.39 is 18.5 Å². The molecule has 1 saturated carbocycles. The highest BCUT2D eigenvalue weighted by Gasteiger charge is 2.47. The largest absolute Gasteiger partial charge is 0.495 e. The van der Waals surface area contributed by atoms with Gasteiger partial charge in [-0.05, 0) is 31.0 Å². The Morgan fingerprint density at radius 1 is 1.17 bits per heavy atom. The van der Waals surface area contributed by atoms with E-state index in [1.165, 1.54) is 18.1 Å². The summed E-state index contributed by atoms with van der Waals surface area (Å²) in [5.41, 5.74) is 0.438. The van der Waals surface area contributed by atoms with E-state index in [9.17, 15) is 19.2 Å². The maximum absolute atomic E-state index is 12.4. The predicted molar refractivity (Wildman–Crippen MR) is 104 cm³/mol. The van der Waals surface area contributed by atoms with Gasteiger partial charge in [-0.25, -0.2) is 0 Å². The first-order valence-corrected chi connectivity index (χ1v) is 9.92. The van der Waals surface area contributed by atoms with E-state index in [1.807, 2.05) is 0 Å². The molecule has 1 aromatic rings. The smallest absolute Gasteiger partial charge is 0.308 e. The molecule has 1 aliphatic heterocycles. The summed E-state index contributed by atoms with van der Waals surface area (Å²) < 4.78 is 9.98. The van der Waals surface area contributed by atoms with Gasteiger partial charge < -0.3 is 14.8 Å². The number of carbonyl (C=O) groups excluding carboxylic acids is 4. The van der Waals surface area contributed by atoms with Gasteiger partial charge in [0.15, 0.2) is 6.61 Å². The Morgan fingerprint density at radius 3 is 2.41 bits per heavy atom. The normalized spacial score (nSPS) is 21.0. The number of hydrogen-bond donors (Lipinski definition) is 1.